The van der Waals surface area contributed by atoms with E-state index in [2.05, 4.69) is 9.17 Å². The average molecular weight is 285 g/mol. The lowest BCUT2D eigenvalue weighted by atomic mass is 10.2. The van der Waals surface area contributed by atoms with Crippen molar-refractivity contribution in [3.63, 3.8) is 0 Å². The number of alkyl halides is 3. The molecule has 0 bridgehead atoms. The highest BCUT2D eigenvalue weighted by Gasteiger charge is 2.49. The van der Waals surface area contributed by atoms with E-state index in [1.165, 1.54) is 6.92 Å². The third-order valence-electron chi connectivity index (χ3n) is 1.78. The van der Waals surface area contributed by atoms with Crippen LogP contribution in [0, 0.1) is 6.92 Å². The van der Waals surface area contributed by atoms with E-state index < -0.39 is 33.0 Å². The van der Waals surface area contributed by atoms with Crippen molar-refractivity contribution in [2.45, 2.75) is 12.4 Å². The summed E-state index contributed by atoms with van der Waals surface area (Å²) in [6.07, 6.45) is 1.01. The quantitative estimate of drug-likeness (QED) is 0.665. The third-order valence-corrected chi connectivity index (χ3v) is 2.73. The van der Waals surface area contributed by atoms with Crippen LogP contribution in [0.2, 0.25) is 0 Å². The maximum Gasteiger partial charge on any atom is 0.534 e. The lowest BCUT2D eigenvalue weighted by molar-refractivity contribution is -0.0500. The van der Waals surface area contributed by atoms with Crippen molar-refractivity contribution in [3.8, 4) is 5.75 Å². The Morgan fingerprint density at radius 1 is 1.44 bits per heavy atom. The molecule has 0 unspecified atom stereocenters. The molecule has 0 spiro atoms. The molecule has 10 heteroatoms. The second-order valence-electron chi connectivity index (χ2n) is 3.09. The largest absolute Gasteiger partial charge is 0.534 e. The summed E-state index contributed by atoms with van der Waals surface area (Å²) in [5.74, 6) is -2.66. The Bertz CT molecular complexity index is 581. The number of hydrogen-bond acceptors (Lipinski definition) is 5. The second-order valence-corrected chi connectivity index (χ2v) is 4.63. The first-order valence-electron chi connectivity index (χ1n) is 4.26. The minimum Gasteiger partial charge on any atom is -0.476 e. The van der Waals surface area contributed by atoms with Gasteiger partial charge >= 0.3 is 21.6 Å². The van der Waals surface area contributed by atoms with Crippen molar-refractivity contribution >= 4 is 16.1 Å². The van der Waals surface area contributed by atoms with Gasteiger partial charge in [-0.3, -0.25) is 0 Å². The molecule has 0 aliphatic heterocycles. The van der Waals surface area contributed by atoms with Crippen LogP contribution >= 0.6 is 0 Å². The molecule has 0 aliphatic carbocycles. The maximum absolute atomic E-state index is 12.1. The molecule has 6 nitrogen and oxygen atoms in total. The highest BCUT2D eigenvalue weighted by molar-refractivity contribution is 7.88. The average Bonchev–Trinajstić information content (AvgIpc) is 2.18. The van der Waals surface area contributed by atoms with Crippen molar-refractivity contribution in [2.24, 2.45) is 0 Å². The van der Waals surface area contributed by atoms with Crippen LogP contribution in [-0.4, -0.2) is 30.0 Å². The number of halogens is 3. The van der Waals surface area contributed by atoms with Gasteiger partial charge in [0.05, 0.1) is 0 Å². The predicted molar refractivity (Wildman–Crippen MR) is 51.5 cm³/mol. The molecular formula is C8H6F3NO5S. The van der Waals surface area contributed by atoms with Gasteiger partial charge in [-0.1, -0.05) is 0 Å². The Labute approximate surface area is 99.1 Å². The van der Waals surface area contributed by atoms with Gasteiger partial charge in [0.1, 0.15) is 0 Å². The van der Waals surface area contributed by atoms with Crippen molar-refractivity contribution < 1.29 is 35.7 Å². The molecule has 0 radical (unpaired) electrons. The summed E-state index contributed by atoms with van der Waals surface area (Å²) >= 11 is 0. The molecule has 1 N–H and O–H groups in total. The molecule has 0 atom stereocenters. The van der Waals surface area contributed by atoms with Crippen LogP contribution in [-0.2, 0) is 10.1 Å². The van der Waals surface area contributed by atoms with Crippen LogP contribution < -0.4 is 4.18 Å². The van der Waals surface area contributed by atoms with Crippen molar-refractivity contribution in [1.29, 1.82) is 0 Å². The topological polar surface area (TPSA) is 93.6 Å². The number of carboxylic acids is 1. The molecule has 0 aromatic carbocycles. The number of aryl methyl sites for hydroxylation is 1. The Kier molecular flexibility index (Phi) is 3.51. The predicted octanol–water partition coefficient (Wildman–Crippen LogP) is 1.32. The number of carbonyl (C=O) groups is 1. The number of pyridine rings is 1. The lowest BCUT2D eigenvalue weighted by Crippen LogP contribution is -2.29. The second kappa shape index (κ2) is 4.44. The monoisotopic (exact) mass is 285 g/mol. The molecule has 1 aromatic rings. The fraction of sp³-hybridized carbons (Fsp3) is 0.250. The minimum absolute atomic E-state index is 0.102. The van der Waals surface area contributed by atoms with Crippen LogP contribution in [0.5, 0.6) is 5.75 Å². The fourth-order valence-electron chi connectivity index (χ4n) is 0.959. The molecule has 0 saturated carbocycles. The van der Waals surface area contributed by atoms with E-state index in [0.29, 0.717) is 0 Å². The Morgan fingerprint density at radius 2 is 2.00 bits per heavy atom. The normalized spacial score (nSPS) is 12.2. The van der Waals surface area contributed by atoms with Crippen LogP contribution in [0.3, 0.4) is 0 Å². The Hall–Kier alpha value is -1.84. The SMILES string of the molecule is Cc1ccnc(C(=O)O)c1OS(=O)(=O)C(F)(F)F. The van der Waals surface area contributed by atoms with Gasteiger partial charge in [0.2, 0.25) is 0 Å². The van der Waals surface area contributed by atoms with E-state index >= 15 is 0 Å². The van der Waals surface area contributed by atoms with E-state index in [-0.39, 0.29) is 5.56 Å². The Balaban J connectivity index is 3.33. The van der Waals surface area contributed by atoms with Gasteiger partial charge in [-0.25, -0.2) is 9.78 Å². The molecule has 1 rings (SSSR count). The lowest BCUT2D eigenvalue weighted by Gasteiger charge is -2.12. The van der Waals surface area contributed by atoms with Gasteiger partial charge in [-0.15, -0.1) is 0 Å². The summed E-state index contributed by atoms with van der Waals surface area (Å²) < 4.78 is 61.7. The molecular weight excluding hydrogens is 279 g/mol. The molecule has 18 heavy (non-hydrogen) atoms. The maximum atomic E-state index is 12.1. The van der Waals surface area contributed by atoms with Gasteiger partial charge < -0.3 is 9.29 Å². The highest BCUT2D eigenvalue weighted by Crippen LogP contribution is 2.30. The van der Waals surface area contributed by atoms with Gasteiger partial charge in [0.25, 0.3) is 0 Å². The zero-order valence-corrected chi connectivity index (χ0v) is 9.54. The first-order valence-corrected chi connectivity index (χ1v) is 5.66. The minimum atomic E-state index is -5.93. The zero-order valence-electron chi connectivity index (χ0n) is 8.72. The van der Waals surface area contributed by atoms with Gasteiger partial charge in [-0.2, -0.15) is 21.6 Å². The first kappa shape index (κ1) is 14.2. The number of carboxylic acid groups (broad SMARTS) is 1. The van der Waals surface area contributed by atoms with Crippen molar-refractivity contribution in [1.82, 2.24) is 4.98 Å². The number of hydrogen-bond donors (Lipinski definition) is 1. The van der Waals surface area contributed by atoms with Crippen LogP contribution in [0.1, 0.15) is 16.1 Å². The zero-order chi connectivity index (χ0) is 14.1. The fourth-order valence-corrected chi connectivity index (χ4v) is 1.48. The van der Waals surface area contributed by atoms with Gasteiger partial charge in [0, 0.05) is 6.20 Å². The summed E-state index contributed by atoms with van der Waals surface area (Å²) in [6.45, 7) is 1.19. The number of aromatic carboxylic acids is 1. The summed E-state index contributed by atoms with van der Waals surface area (Å²) in [5, 5.41) is 8.67. The number of nitrogens with zero attached hydrogens (tertiary/aromatic N) is 1. The van der Waals surface area contributed by atoms with E-state index in [1.807, 2.05) is 0 Å². The standard InChI is InChI=1S/C8H6F3NO5S/c1-4-2-3-12-5(7(13)14)6(4)17-18(15,16)8(9,10)11/h2-3H,1H3,(H,13,14). The molecule has 0 aliphatic rings. The van der Waals surface area contributed by atoms with Gasteiger partial charge in [-0.05, 0) is 18.6 Å². The van der Waals surface area contributed by atoms with Crippen LogP contribution in [0.25, 0.3) is 0 Å². The number of aromatic nitrogens is 1. The van der Waals surface area contributed by atoms with Crippen LogP contribution in [0.15, 0.2) is 12.3 Å². The van der Waals surface area contributed by atoms with Crippen LogP contribution in [0.4, 0.5) is 13.2 Å². The van der Waals surface area contributed by atoms with Crippen molar-refractivity contribution in [3.05, 3.63) is 23.5 Å². The molecule has 100 valence electrons. The third kappa shape index (κ3) is 2.70. The van der Waals surface area contributed by atoms with E-state index in [0.717, 1.165) is 12.3 Å². The first-order chi connectivity index (χ1) is 8.06. The smallest absolute Gasteiger partial charge is 0.476 e. The molecule has 0 amide bonds. The van der Waals surface area contributed by atoms with Gasteiger partial charge in [0.15, 0.2) is 11.4 Å². The van der Waals surface area contributed by atoms with E-state index in [1.54, 1.807) is 0 Å². The van der Waals surface area contributed by atoms with Crippen molar-refractivity contribution in [2.75, 3.05) is 0 Å². The molecule has 1 aromatic heterocycles. The Morgan fingerprint density at radius 3 is 2.44 bits per heavy atom. The summed E-state index contributed by atoms with van der Waals surface area (Å²) in [6, 6.07) is 1.12. The summed E-state index contributed by atoms with van der Waals surface area (Å²) in [4.78, 5) is 13.9. The number of rotatable bonds is 3. The van der Waals surface area contributed by atoms with E-state index in [4.69, 9.17) is 5.11 Å². The molecule has 1 heterocycles. The summed E-state index contributed by atoms with van der Waals surface area (Å²) in [7, 11) is -5.93. The summed E-state index contributed by atoms with van der Waals surface area (Å²) in [5.41, 5.74) is -6.66. The molecule has 0 fully saturated rings. The molecule has 0 saturated heterocycles. The van der Waals surface area contributed by atoms with E-state index in [9.17, 15) is 26.4 Å². The highest BCUT2D eigenvalue weighted by atomic mass is 32.2.